The zero-order valence-corrected chi connectivity index (χ0v) is 18.8. The summed E-state index contributed by atoms with van der Waals surface area (Å²) >= 11 is 0. The Hall–Kier alpha value is -4.19. The highest BCUT2D eigenvalue weighted by atomic mass is 16.5. The topological polar surface area (TPSA) is 74.6 Å². The van der Waals surface area contributed by atoms with Crippen molar-refractivity contribution in [2.24, 2.45) is 0 Å². The Morgan fingerprint density at radius 2 is 1.52 bits per heavy atom. The van der Waals surface area contributed by atoms with Crippen LogP contribution in [0.25, 0.3) is 16.6 Å². The number of aromatic nitrogens is 1. The lowest BCUT2D eigenvalue weighted by Crippen LogP contribution is -2.12. The first-order chi connectivity index (χ1) is 15.8. The van der Waals surface area contributed by atoms with Gasteiger partial charge in [-0.15, -0.1) is 0 Å². The summed E-state index contributed by atoms with van der Waals surface area (Å²) in [6.45, 7) is 6.71. The number of Topliss-reactive ketones (excluding diaryl/α,β-unsaturated/α-hetero) is 1. The molecular weight excluding hydrogens is 418 g/mol. The van der Waals surface area contributed by atoms with Crippen molar-refractivity contribution in [3.8, 4) is 17.2 Å². The number of fused-ring (bicyclic) bond motifs is 1. The Labute approximate surface area is 191 Å². The number of hydrogen-bond donors (Lipinski definition) is 0. The van der Waals surface area contributed by atoms with Crippen molar-refractivity contribution in [3.05, 3.63) is 89.1 Å². The molecule has 4 aromatic rings. The van der Waals surface area contributed by atoms with Crippen LogP contribution < -0.4 is 9.47 Å². The molecule has 0 unspecified atom stereocenters. The molecule has 0 N–H and O–H groups in total. The molecule has 4 rings (SSSR count). The molecule has 0 saturated carbocycles. The van der Waals surface area contributed by atoms with Gasteiger partial charge in [0.15, 0.2) is 5.78 Å². The minimum Gasteiger partial charge on any atom is -0.426 e. The van der Waals surface area contributed by atoms with Crippen molar-refractivity contribution in [3.63, 3.8) is 0 Å². The molecule has 1 aromatic heterocycles. The number of ketones is 1. The largest absolute Gasteiger partial charge is 0.426 e. The van der Waals surface area contributed by atoms with Crippen molar-refractivity contribution in [1.29, 1.82) is 0 Å². The minimum atomic E-state index is -0.662. The number of benzene rings is 3. The molecule has 0 amide bonds. The maximum atomic E-state index is 12.8. The maximum absolute atomic E-state index is 12.8. The van der Waals surface area contributed by atoms with Crippen LogP contribution in [0.1, 0.15) is 45.8 Å². The fraction of sp³-hybridized carbons (Fsp3) is 0.148. The smallest absolute Gasteiger partial charge is 0.347 e. The molecule has 166 valence electrons. The first-order valence-electron chi connectivity index (χ1n) is 10.5. The normalized spacial score (nSPS) is 10.8. The predicted molar refractivity (Wildman–Crippen MR) is 125 cm³/mol. The maximum Gasteiger partial charge on any atom is 0.347 e. The number of para-hydroxylation sites is 1. The third kappa shape index (κ3) is 4.28. The molecule has 0 fully saturated rings. The number of hydrogen-bond acceptors (Lipinski definition) is 5. The zero-order valence-electron chi connectivity index (χ0n) is 18.8. The molecular formula is C27H23NO5. The number of rotatable bonds is 5. The van der Waals surface area contributed by atoms with Gasteiger partial charge in [-0.05, 0) is 63.2 Å². The second kappa shape index (κ2) is 8.74. The molecule has 6 nitrogen and oxygen atoms in total. The Morgan fingerprint density at radius 3 is 2.18 bits per heavy atom. The van der Waals surface area contributed by atoms with Crippen LogP contribution in [-0.4, -0.2) is 22.3 Å². The molecule has 3 aromatic carbocycles. The van der Waals surface area contributed by atoms with Crippen LogP contribution in [0, 0.1) is 13.8 Å². The standard InChI is InChI=1S/C27H23NO5/c1-16-9-11-20(12-10-16)28-17(2)26(18(3)29)23-15-21(13-14-24(23)28)33-27(31)22-7-5-6-8-25(22)32-19(4)30/h5-15H,1-4H3. The summed E-state index contributed by atoms with van der Waals surface area (Å²) in [6, 6.07) is 19.6. The number of carbonyl (C=O) groups is 3. The number of nitrogens with zero attached hydrogens (tertiary/aromatic N) is 1. The highest BCUT2D eigenvalue weighted by Crippen LogP contribution is 2.33. The van der Waals surface area contributed by atoms with Gasteiger partial charge in [-0.2, -0.15) is 0 Å². The quantitative estimate of drug-likeness (QED) is 0.229. The summed E-state index contributed by atoms with van der Waals surface area (Å²) in [7, 11) is 0. The van der Waals surface area contributed by atoms with Gasteiger partial charge in [-0.3, -0.25) is 9.59 Å². The van der Waals surface area contributed by atoms with Crippen LogP contribution in [0.2, 0.25) is 0 Å². The van der Waals surface area contributed by atoms with E-state index < -0.39 is 11.9 Å². The molecule has 0 aliphatic heterocycles. The average molecular weight is 441 g/mol. The zero-order chi connectivity index (χ0) is 23.7. The van der Waals surface area contributed by atoms with Gasteiger partial charge >= 0.3 is 11.9 Å². The number of aryl methyl sites for hydroxylation is 1. The van der Waals surface area contributed by atoms with Gasteiger partial charge in [0.25, 0.3) is 0 Å². The Bertz CT molecular complexity index is 1400. The molecule has 0 aliphatic rings. The van der Waals surface area contributed by atoms with Crippen molar-refractivity contribution < 1.29 is 23.9 Å². The summed E-state index contributed by atoms with van der Waals surface area (Å²) in [6.07, 6.45) is 0. The fourth-order valence-electron chi connectivity index (χ4n) is 3.97. The van der Waals surface area contributed by atoms with Gasteiger partial charge in [0, 0.05) is 29.3 Å². The van der Waals surface area contributed by atoms with Gasteiger partial charge < -0.3 is 14.0 Å². The molecule has 0 atom stereocenters. The molecule has 0 spiro atoms. The van der Waals surface area contributed by atoms with E-state index in [0.29, 0.717) is 10.9 Å². The van der Waals surface area contributed by atoms with E-state index in [0.717, 1.165) is 22.5 Å². The SMILES string of the molecule is CC(=O)Oc1ccccc1C(=O)Oc1ccc2c(c1)c(C(C)=O)c(C)n2-c1ccc(C)cc1. The number of carbonyl (C=O) groups excluding carboxylic acids is 3. The Balaban J connectivity index is 1.77. The summed E-state index contributed by atoms with van der Waals surface area (Å²) in [4.78, 5) is 36.7. The van der Waals surface area contributed by atoms with Crippen LogP contribution in [-0.2, 0) is 4.79 Å². The Kier molecular flexibility index (Phi) is 5.84. The van der Waals surface area contributed by atoms with E-state index in [9.17, 15) is 14.4 Å². The second-order valence-corrected chi connectivity index (χ2v) is 7.85. The van der Waals surface area contributed by atoms with Crippen molar-refractivity contribution in [1.82, 2.24) is 4.57 Å². The monoisotopic (exact) mass is 441 g/mol. The van der Waals surface area contributed by atoms with Gasteiger partial charge in [0.2, 0.25) is 0 Å². The third-order valence-corrected chi connectivity index (χ3v) is 5.39. The molecule has 0 saturated heterocycles. The fourth-order valence-corrected chi connectivity index (χ4v) is 3.97. The number of esters is 2. The molecule has 0 radical (unpaired) electrons. The first-order valence-corrected chi connectivity index (χ1v) is 10.5. The van der Waals surface area contributed by atoms with Crippen molar-refractivity contribution in [2.45, 2.75) is 27.7 Å². The first kappa shape index (κ1) is 22.0. The van der Waals surface area contributed by atoms with Crippen LogP contribution in [0.5, 0.6) is 11.5 Å². The summed E-state index contributed by atoms with van der Waals surface area (Å²) in [5.41, 5.74) is 4.43. The minimum absolute atomic E-state index is 0.0768. The summed E-state index contributed by atoms with van der Waals surface area (Å²) < 4.78 is 12.7. The molecule has 1 heterocycles. The van der Waals surface area contributed by atoms with Gasteiger partial charge in [-0.1, -0.05) is 29.8 Å². The highest BCUT2D eigenvalue weighted by molar-refractivity contribution is 6.09. The lowest BCUT2D eigenvalue weighted by molar-refractivity contribution is -0.131. The number of ether oxygens (including phenoxy) is 2. The van der Waals surface area contributed by atoms with Gasteiger partial charge in [0.05, 0.1) is 5.52 Å². The van der Waals surface area contributed by atoms with E-state index in [4.69, 9.17) is 9.47 Å². The average Bonchev–Trinajstić information content (AvgIpc) is 3.05. The van der Waals surface area contributed by atoms with Crippen LogP contribution in [0.15, 0.2) is 66.7 Å². The van der Waals surface area contributed by atoms with E-state index in [1.54, 1.807) is 24.3 Å². The second-order valence-electron chi connectivity index (χ2n) is 7.85. The van der Waals surface area contributed by atoms with Crippen LogP contribution >= 0.6 is 0 Å². The van der Waals surface area contributed by atoms with Crippen molar-refractivity contribution in [2.75, 3.05) is 0 Å². The van der Waals surface area contributed by atoms with Gasteiger partial charge in [0.1, 0.15) is 17.1 Å². The summed E-state index contributed by atoms with van der Waals surface area (Å²) in [5.74, 6) is -0.858. The van der Waals surface area contributed by atoms with E-state index in [-0.39, 0.29) is 22.8 Å². The van der Waals surface area contributed by atoms with Gasteiger partial charge in [-0.25, -0.2) is 4.79 Å². The molecule has 0 aliphatic carbocycles. The van der Waals surface area contributed by atoms with Crippen LogP contribution in [0.4, 0.5) is 0 Å². The molecule has 33 heavy (non-hydrogen) atoms. The van der Waals surface area contributed by atoms with Crippen molar-refractivity contribution >= 4 is 28.6 Å². The lowest BCUT2D eigenvalue weighted by atomic mass is 10.1. The van der Waals surface area contributed by atoms with E-state index in [2.05, 4.69) is 0 Å². The van der Waals surface area contributed by atoms with E-state index in [1.807, 2.05) is 48.7 Å². The lowest BCUT2D eigenvalue weighted by Gasteiger charge is -2.10. The highest BCUT2D eigenvalue weighted by Gasteiger charge is 2.21. The van der Waals surface area contributed by atoms with E-state index in [1.165, 1.54) is 26.0 Å². The predicted octanol–water partition coefficient (Wildman–Crippen LogP) is 5.59. The Morgan fingerprint density at radius 1 is 0.818 bits per heavy atom. The summed E-state index contributed by atoms with van der Waals surface area (Å²) in [5, 5.41) is 0.694. The third-order valence-electron chi connectivity index (χ3n) is 5.39. The van der Waals surface area contributed by atoms with Crippen LogP contribution in [0.3, 0.4) is 0 Å². The van der Waals surface area contributed by atoms with E-state index >= 15 is 0 Å². The molecule has 6 heteroatoms. The molecule has 0 bridgehead atoms.